The first kappa shape index (κ1) is 22.8. The molecule has 2 amide bonds. The second-order valence-corrected chi connectivity index (χ2v) is 12.7. The molecule has 33 heavy (non-hydrogen) atoms. The Labute approximate surface area is 196 Å². The van der Waals surface area contributed by atoms with Crippen LogP contribution in [0.1, 0.15) is 64.2 Å². The van der Waals surface area contributed by atoms with Crippen LogP contribution in [-0.4, -0.2) is 44.2 Å². The second-order valence-electron chi connectivity index (χ2n) is 10.7. The Balaban J connectivity index is 1.10. The normalized spacial score (nSPS) is 31.3. The topological polar surface area (TPSA) is 95.6 Å². The number of amides is 2. The summed E-state index contributed by atoms with van der Waals surface area (Å²) in [5.74, 6) is 2.10. The van der Waals surface area contributed by atoms with E-state index in [0.717, 1.165) is 38.5 Å². The number of piperidine rings is 1. The fourth-order valence-electron chi connectivity index (χ4n) is 7.05. The van der Waals surface area contributed by atoms with Crippen molar-refractivity contribution in [3.8, 4) is 0 Å². The largest absolute Gasteiger partial charge is 0.355 e. The number of hydrogen-bond acceptors (Lipinski definition) is 4. The van der Waals surface area contributed by atoms with Crippen molar-refractivity contribution in [2.45, 2.75) is 69.1 Å². The maximum absolute atomic E-state index is 13.0. The molecule has 6 rings (SSSR count). The monoisotopic (exact) mass is 473 g/mol. The second kappa shape index (κ2) is 9.02. The van der Waals surface area contributed by atoms with Gasteiger partial charge in [0, 0.05) is 37.2 Å². The van der Waals surface area contributed by atoms with Gasteiger partial charge in [0.25, 0.3) is 0 Å². The first-order valence-electron chi connectivity index (χ1n) is 12.5. The van der Waals surface area contributed by atoms with Gasteiger partial charge in [-0.1, -0.05) is 6.42 Å². The summed E-state index contributed by atoms with van der Waals surface area (Å²) >= 11 is 0. The third kappa shape index (κ3) is 4.69. The summed E-state index contributed by atoms with van der Waals surface area (Å²) in [6.07, 6.45) is 10.0. The van der Waals surface area contributed by atoms with Crippen LogP contribution in [0, 0.1) is 23.2 Å². The summed E-state index contributed by atoms with van der Waals surface area (Å²) in [6.45, 7) is 1.46. The Kier molecular flexibility index (Phi) is 6.25. The van der Waals surface area contributed by atoms with Crippen LogP contribution in [-0.2, 0) is 19.6 Å². The number of nitrogens with one attached hydrogen (secondary N) is 2. The van der Waals surface area contributed by atoms with Crippen molar-refractivity contribution in [3.63, 3.8) is 0 Å². The van der Waals surface area contributed by atoms with Gasteiger partial charge in [0.1, 0.15) is 0 Å². The van der Waals surface area contributed by atoms with Gasteiger partial charge in [-0.05, 0) is 93.4 Å². The van der Waals surface area contributed by atoms with Crippen LogP contribution in [0.3, 0.4) is 0 Å². The number of benzene rings is 1. The highest BCUT2D eigenvalue weighted by Gasteiger charge is 2.54. The van der Waals surface area contributed by atoms with E-state index in [4.69, 9.17) is 0 Å². The number of anilines is 1. The number of hydrogen-bond donors (Lipinski definition) is 2. The average Bonchev–Trinajstić information content (AvgIpc) is 2.79. The Bertz CT molecular complexity index is 964. The first-order valence-corrected chi connectivity index (χ1v) is 14.0. The molecule has 1 aromatic rings. The molecule has 5 aliphatic rings. The van der Waals surface area contributed by atoms with Gasteiger partial charge in [0.05, 0.1) is 4.90 Å². The number of carbonyl (C=O) groups excluding carboxylic acids is 2. The Hall–Kier alpha value is -1.93. The molecular formula is C25H35N3O4S. The predicted molar refractivity (Wildman–Crippen MR) is 126 cm³/mol. The van der Waals surface area contributed by atoms with E-state index in [0.29, 0.717) is 43.1 Å². The Morgan fingerprint density at radius 2 is 1.48 bits per heavy atom. The summed E-state index contributed by atoms with van der Waals surface area (Å²) in [5, 5.41) is 5.85. The van der Waals surface area contributed by atoms with E-state index < -0.39 is 10.0 Å². The summed E-state index contributed by atoms with van der Waals surface area (Å²) in [7, 11) is -3.48. The molecule has 0 aromatic heterocycles. The summed E-state index contributed by atoms with van der Waals surface area (Å²) in [4.78, 5) is 25.6. The van der Waals surface area contributed by atoms with Crippen molar-refractivity contribution in [1.82, 2.24) is 9.62 Å². The van der Waals surface area contributed by atoms with E-state index >= 15 is 0 Å². The average molecular weight is 474 g/mol. The minimum atomic E-state index is -3.48. The fraction of sp³-hybridized carbons (Fsp3) is 0.680. The van der Waals surface area contributed by atoms with Crippen molar-refractivity contribution >= 4 is 27.5 Å². The van der Waals surface area contributed by atoms with Crippen molar-refractivity contribution < 1.29 is 18.0 Å². The van der Waals surface area contributed by atoms with Gasteiger partial charge >= 0.3 is 0 Å². The number of nitrogens with zero attached hydrogens (tertiary/aromatic N) is 1. The van der Waals surface area contributed by atoms with Crippen LogP contribution < -0.4 is 10.6 Å². The molecule has 4 bridgehead atoms. The molecule has 8 heteroatoms. The molecule has 4 aliphatic carbocycles. The zero-order valence-electron chi connectivity index (χ0n) is 19.2. The molecule has 1 aliphatic heterocycles. The predicted octanol–water partition coefficient (Wildman–Crippen LogP) is 3.52. The van der Waals surface area contributed by atoms with Crippen LogP contribution in [0.4, 0.5) is 5.69 Å². The summed E-state index contributed by atoms with van der Waals surface area (Å²) in [5.41, 5.74) is 0.367. The van der Waals surface area contributed by atoms with E-state index in [1.807, 2.05) is 0 Å². The first-order chi connectivity index (χ1) is 15.8. The third-order valence-electron chi connectivity index (χ3n) is 8.25. The zero-order valence-corrected chi connectivity index (χ0v) is 20.0. The molecule has 1 saturated heterocycles. The minimum absolute atomic E-state index is 0.140. The van der Waals surface area contributed by atoms with Crippen molar-refractivity contribution in [1.29, 1.82) is 0 Å². The molecule has 1 aromatic carbocycles. The third-order valence-corrected chi connectivity index (χ3v) is 10.2. The quantitative estimate of drug-likeness (QED) is 0.633. The van der Waals surface area contributed by atoms with Crippen LogP contribution >= 0.6 is 0 Å². The fourth-order valence-corrected chi connectivity index (χ4v) is 8.57. The smallest absolute Gasteiger partial charge is 0.243 e. The lowest BCUT2D eigenvalue weighted by Crippen LogP contribution is -2.53. The molecule has 180 valence electrons. The van der Waals surface area contributed by atoms with Gasteiger partial charge in [0.15, 0.2) is 0 Å². The van der Waals surface area contributed by atoms with Crippen molar-refractivity contribution in [2.24, 2.45) is 23.2 Å². The van der Waals surface area contributed by atoms with Crippen LogP contribution in [0.2, 0.25) is 0 Å². The zero-order chi connectivity index (χ0) is 23.1. The highest BCUT2D eigenvalue weighted by Crippen LogP contribution is 2.60. The van der Waals surface area contributed by atoms with Crippen LogP contribution in [0.15, 0.2) is 29.2 Å². The van der Waals surface area contributed by atoms with E-state index in [-0.39, 0.29) is 28.5 Å². The minimum Gasteiger partial charge on any atom is -0.355 e. The molecular weight excluding hydrogens is 438 g/mol. The molecule has 0 atom stereocenters. The van der Waals surface area contributed by atoms with Gasteiger partial charge in [-0.25, -0.2) is 8.42 Å². The number of rotatable bonds is 7. The maximum Gasteiger partial charge on any atom is 0.243 e. The number of sulfonamides is 1. The Morgan fingerprint density at radius 1 is 0.909 bits per heavy atom. The molecule has 2 N–H and O–H groups in total. The van der Waals surface area contributed by atoms with Gasteiger partial charge in [-0.3, -0.25) is 9.59 Å². The molecule has 0 radical (unpaired) electrons. The van der Waals surface area contributed by atoms with Crippen molar-refractivity contribution in [3.05, 3.63) is 24.3 Å². The SMILES string of the molecule is O=C(CCNC(=O)C12CC3CC(CC(C3)C1)C2)Nc1ccc(S(=O)(=O)N2CCCCC2)cc1. The van der Waals surface area contributed by atoms with E-state index in [9.17, 15) is 18.0 Å². The highest BCUT2D eigenvalue weighted by molar-refractivity contribution is 7.89. The van der Waals surface area contributed by atoms with Crippen molar-refractivity contribution in [2.75, 3.05) is 25.0 Å². The van der Waals surface area contributed by atoms with Gasteiger partial charge in [-0.2, -0.15) is 4.31 Å². The molecule has 4 saturated carbocycles. The van der Waals surface area contributed by atoms with E-state index in [1.165, 1.54) is 23.6 Å². The summed E-state index contributed by atoms with van der Waals surface area (Å²) < 4.78 is 27.0. The van der Waals surface area contributed by atoms with Gasteiger partial charge < -0.3 is 10.6 Å². The van der Waals surface area contributed by atoms with Crippen LogP contribution in [0.25, 0.3) is 0 Å². The maximum atomic E-state index is 13.0. The summed E-state index contributed by atoms with van der Waals surface area (Å²) in [6, 6.07) is 6.36. The number of carbonyl (C=O) groups is 2. The highest BCUT2D eigenvalue weighted by atomic mass is 32.2. The lowest BCUT2D eigenvalue weighted by molar-refractivity contribution is -0.146. The molecule has 7 nitrogen and oxygen atoms in total. The molecule has 5 fully saturated rings. The van der Waals surface area contributed by atoms with Gasteiger partial charge in [-0.15, -0.1) is 0 Å². The van der Waals surface area contributed by atoms with Crippen LogP contribution in [0.5, 0.6) is 0 Å². The van der Waals surface area contributed by atoms with Gasteiger partial charge in [0.2, 0.25) is 21.8 Å². The molecule has 0 unspecified atom stereocenters. The van der Waals surface area contributed by atoms with E-state index in [1.54, 1.807) is 24.3 Å². The van der Waals surface area contributed by atoms with E-state index in [2.05, 4.69) is 10.6 Å². The Morgan fingerprint density at radius 3 is 2.06 bits per heavy atom. The lowest BCUT2D eigenvalue weighted by atomic mass is 9.49. The standard InChI is InChI=1S/C25H35N3O4S/c29-23(8-9-26-24(30)25-15-18-12-19(16-25)14-20(13-18)17-25)27-21-4-6-22(7-5-21)33(31,32)28-10-2-1-3-11-28/h4-7,18-20H,1-3,8-17H2,(H,26,30)(H,27,29). The molecule has 1 heterocycles. The molecule has 0 spiro atoms. The lowest BCUT2D eigenvalue weighted by Gasteiger charge is -2.55.